The van der Waals surface area contributed by atoms with Gasteiger partial charge in [0.15, 0.2) is 0 Å². The van der Waals surface area contributed by atoms with E-state index in [1.165, 1.54) is 11.3 Å². The van der Waals surface area contributed by atoms with Gasteiger partial charge in [-0.05, 0) is 30.3 Å². The van der Waals surface area contributed by atoms with Gasteiger partial charge in [0.05, 0.1) is 12.8 Å². The summed E-state index contributed by atoms with van der Waals surface area (Å²) < 4.78 is 6.95. The van der Waals surface area contributed by atoms with Gasteiger partial charge in [0.1, 0.15) is 16.5 Å². The van der Waals surface area contributed by atoms with Gasteiger partial charge in [-0.25, -0.2) is 0 Å². The van der Waals surface area contributed by atoms with E-state index in [1.807, 2.05) is 60.7 Å². The van der Waals surface area contributed by atoms with Crippen molar-refractivity contribution < 1.29 is 4.74 Å². The molecule has 27 heavy (non-hydrogen) atoms. The Balaban J connectivity index is 1.52. The largest absolute Gasteiger partial charge is 0.497 e. The van der Waals surface area contributed by atoms with E-state index in [9.17, 15) is 0 Å². The highest BCUT2D eigenvalue weighted by Crippen LogP contribution is 2.29. The second-order valence-corrected chi connectivity index (χ2v) is 6.84. The van der Waals surface area contributed by atoms with Gasteiger partial charge in [0.25, 0.3) is 0 Å². The van der Waals surface area contributed by atoms with Gasteiger partial charge in [-0.1, -0.05) is 41.7 Å². The lowest BCUT2D eigenvalue weighted by Gasteiger charge is -1.99. The van der Waals surface area contributed by atoms with Crippen molar-refractivity contribution in [3.8, 4) is 39.1 Å². The highest BCUT2D eigenvalue weighted by Gasteiger charge is 2.16. The van der Waals surface area contributed by atoms with E-state index < -0.39 is 0 Å². The topological polar surface area (TPSA) is 81.0 Å². The van der Waals surface area contributed by atoms with Gasteiger partial charge < -0.3 is 4.74 Å². The highest BCUT2D eigenvalue weighted by molar-refractivity contribution is 7.19. The smallest absolute Gasteiger partial charge is 0.235 e. The van der Waals surface area contributed by atoms with Crippen LogP contribution in [0.5, 0.6) is 5.75 Å². The first-order chi connectivity index (χ1) is 13.3. The Morgan fingerprint density at radius 1 is 0.963 bits per heavy atom. The molecular weight excluding hydrogens is 360 g/mol. The Kier molecular flexibility index (Phi) is 3.68. The van der Waals surface area contributed by atoms with Crippen molar-refractivity contribution >= 4 is 16.3 Å². The van der Waals surface area contributed by atoms with Gasteiger partial charge in [0, 0.05) is 11.1 Å². The summed E-state index contributed by atoms with van der Waals surface area (Å²) in [7, 11) is 1.65. The van der Waals surface area contributed by atoms with Crippen molar-refractivity contribution in [3.05, 3.63) is 60.7 Å². The number of ether oxygens (including phenoxy) is 1. The van der Waals surface area contributed by atoms with Gasteiger partial charge in [-0.3, -0.25) is 5.10 Å². The van der Waals surface area contributed by atoms with Crippen LogP contribution in [-0.4, -0.2) is 37.1 Å². The normalized spacial score (nSPS) is 11.1. The number of fused-ring (bicyclic) bond motifs is 1. The van der Waals surface area contributed by atoms with Crippen molar-refractivity contribution in [2.24, 2.45) is 0 Å². The maximum Gasteiger partial charge on any atom is 0.235 e. The van der Waals surface area contributed by atoms with Crippen LogP contribution in [0.15, 0.2) is 60.7 Å². The molecule has 5 rings (SSSR count). The van der Waals surface area contributed by atoms with Crippen molar-refractivity contribution in [3.63, 3.8) is 0 Å². The summed E-state index contributed by atoms with van der Waals surface area (Å²) in [6.45, 7) is 0. The second-order valence-electron chi connectivity index (χ2n) is 5.89. The van der Waals surface area contributed by atoms with Crippen LogP contribution in [0, 0.1) is 0 Å². The summed E-state index contributed by atoms with van der Waals surface area (Å²) in [5.41, 5.74) is 3.63. The average molecular weight is 374 g/mol. The lowest BCUT2D eigenvalue weighted by atomic mass is 10.1. The number of nitrogens with zero attached hydrogens (tertiary/aromatic N) is 5. The van der Waals surface area contributed by atoms with E-state index in [0.717, 1.165) is 38.2 Å². The third-order valence-electron chi connectivity index (χ3n) is 4.22. The fourth-order valence-corrected chi connectivity index (χ4v) is 3.67. The fourth-order valence-electron chi connectivity index (χ4n) is 2.83. The number of aromatic amines is 1. The summed E-state index contributed by atoms with van der Waals surface area (Å²) in [5.74, 6) is 1.44. The van der Waals surface area contributed by atoms with E-state index in [2.05, 4.69) is 25.5 Å². The molecule has 0 fully saturated rings. The minimum Gasteiger partial charge on any atom is -0.497 e. The first kappa shape index (κ1) is 15.7. The molecule has 132 valence electrons. The maximum atomic E-state index is 5.20. The molecule has 8 heteroatoms. The molecule has 7 nitrogen and oxygen atoms in total. The molecule has 0 unspecified atom stereocenters. The molecule has 2 aromatic carbocycles. The molecule has 0 aliphatic carbocycles. The molecule has 5 aromatic rings. The van der Waals surface area contributed by atoms with Gasteiger partial charge in [-0.2, -0.15) is 14.7 Å². The Hall–Kier alpha value is -3.52. The maximum absolute atomic E-state index is 5.20. The van der Waals surface area contributed by atoms with Crippen molar-refractivity contribution in [2.45, 2.75) is 0 Å². The Morgan fingerprint density at radius 2 is 1.78 bits per heavy atom. The van der Waals surface area contributed by atoms with Crippen LogP contribution in [0.4, 0.5) is 0 Å². The predicted octanol–water partition coefficient (Wildman–Crippen LogP) is 3.92. The highest BCUT2D eigenvalue weighted by atomic mass is 32.1. The zero-order chi connectivity index (χ0) is 18.2. The molecule has 0 aliphatic rings. The predicted molar refractivity (Wildman–Crippen MR) is 104 cm³/mol. The number of hydrogen-bond acceptors (Lipinski definition) is 6. The van der Waals surface area contributed by atoms with E-state index >= 15 is 0 Å². The fraction of sp³-hybridized carbons (Fsp3) is 0.0526. The molecule has 3 aromatic heterocycles. The molecule has 0 spiro atoms. The molecule has 0 bridgehead atoms. The quantitative estimate of drug-likeness (QED) is 0.516. The van der Waals surface area contributed by atoms with Crippen LogP contribution >= 0.6 is 11.3 Å². The van der Waals surface area contributed by atoms with Crippen molar-refractivity contribution in [1.29, 1.82) is 0 Å². The summed E-state index contributed by atoms with van der Waals surface area (Å²) in [6, 6.07) is 19.7. The molecule has 3 heterocycles. The van der Waals surface area contributed by atoms with Crippen molar-refractivity contribution in [1.82, 2.24) is 30.0 Å². The monoisotopic (exact) mass is 374 g/mol. The number of hydrogen-bond donors (Lipinski definition) is 1. The molecule has 0 saturated heterocycles. The van der Waals surface area contributed by atoms with Crippen LogP contribution in [0.2, 0.25) is 0 Å². The minimum absolute atomic E-state index is 0.635. The Labute approximate surface area is 158 Å². The third-order valence-corrected chi connectivity index (χ3v) is 5.16. The van der Waals surface area contributed by atoms with Crippen molar-refractivity contribution in [2.75, 3.05) is 7.11 Å². The van der Waals surface area contributed by atoms with E-state index in [1.54, 1.807) is 11.6 Å². The molecular formula is C19H14N6OS. The molecule has 0 atom stereocenters. The lowest BCUT2D eigenvalue weighted by molar-refractivity contribution is 0.415. The van der Waals surface area contributed by atoms with Crippen LogP contribution in [0.3, 0.4) is 0 Å². The number of aromatic nitrogens is 6. The van der Waals surface area contributed by atoms with Gasteiger partial charge in [0.2, 0.25) is 10.8 Å². The summed E-state index contributed by atoms with van der Waals surface area (Å²) in [4.78, 5) is 0.740. The van der Waals surface area contributed by atoms with E-state index in [-0.39, 0.29) is 0 Å². The lowest BCUT2D eigenvalue weighted by Crippen LogP contribution is -1.91. The van der Waals surface area contributed by atoms with Crippen LogP contribution in [0.25, 0.3) is 38.3 Å². The number of methoxy groups -OCH3 is 1. The standard InChI is InChI=1S/C19H14N6OS/c1-26-14-9-7-12(8-10-14)15-11-16(21-20-15)17-22-23-19-25(17)24-18(27-19)13-5-3-2-4-6-13/h2-11H,1H3,(H,20,21). The number of H-pyrrole nitrogens is 1. The average Bonchev–Trinajstić information content (AvgIpc) is 3.44. The third kappa shape index (κ3) is 2.76. The zero-order valence-corrected chi connectivity index (χ0v) is 15.1. The Morgan fingerprint density at radius 3 is 2.56 bits per heavy atom. The van der Waals surface area contributed by atoms with Gasteiger partial charge >= 0.3 is 0 Å². The SMILES string of the molecule is COc1ccc(-c2cc(-c3nnc4sc(-c5ccccc5)nn34)[nH]n2)cc1. The summed E-state index contributed by atoms with van der Waals surface area (Å²) in [6.07, 6.45) is 0. The van der Waals surface area contributed by atoms with Crippen LogP contribution in [0.1, 0.15) is 0 Å². The van der Waals surface area contributed by atoms with Crippen LogP contribution < -0.4 is 4.74 Å². The molecule has 0 saturated carbocycles. The van der Waals surface area contributed by atoms with E-state index in [4.69, 9.17) is 4.74 Å². The zero-order valence-electron chi connectivity index (χ0n) is 14.3. The van der Waals surface area contributed by atoms with Gasteiger partial charge in [-0.15, -0.1) is 10.2 Å². The summed E-state index contributed by atoms with van der Waals surface area (Å²) >= 11 is 1.50. The second kappa shape index (κ2) is 6.33. The van der Waals surface area contributed by atoms with Crippen LogP contribution in [-0.2, 0) is 0 Å². The van der Waals surface area contributed by atoms with E-state index in [0.29, 0.717) is 5.82 Å². The first-order valence-corrected chi connectivity index (χ1v) is 9.11. The Bertz CT molecular complexity index is 1210. The number of benzene rings is 2. The molecule has 0 radical (unpaired) electrons. The molecule has 0 aliphatic heterocycles. The number of nitrogens with one attached hydrogen (secondary N) is 1. The molecule has 1 N–H and O–H groups in total. The minimum atomic E-state index is 0.635. The number of rotatable bonds is 4. The molecule has 0 amide bonds. The first-order valence-electron chi connectivity index (χ1n) is 8.30. The summed E-state index contributed by atoms with van der Waals surface area (Å²) in [5, 5.41) is 21.5.